The number of para-hydroxylation sites is 1. The largest absolute Gasteiger partial charge is 0.353 e. The summed E-state index contributed by atoms with van der Waals surface area (Å²) in [6.45, 7) is 5.10. The Bertz CT molecular complexity index is 1400. The lowest BCUT2D eigenvalue weighted by Gasteiger charge is -2.28. The monoisotopic (exact) mass is 476 g/mol. The van der Waals surface area contributed by atoms with Crippen LogP contribution in [-0.2, 0) is 21.2 Å². The van der Waals surface area contributed by atoms with Crippen molar-refractivity contribution in [3.05, 3.63) is 77.5 Å². The molecule has 0 unspecified atom stereocenters. The number of hydrogen-bond acceptors (Lipinski definition) is 4. The number of hydrazone groups is 1. The van der Waals surface area contributed by atoms with Gasteiger partial charge in [-0.15, -0.1) is 0 Å². The summed E-state index contributed by atoms with van der Waals surface area (Å²) in [6.07, 6.45) is 4.90. The number of H-pyrrole nitrogens is 1. The van der Waals surface area contributed by atoms with Gasteiger partial charge in [0.05, 0.1) is 29.3 Å². The normalized spacial score (nSPS) is 19.6. The number of carbonyl (C=O) groups excluding carboxylic acids is 1. The highest BCUT2D eigenvalue weighted by molar-refractivity contribution is 7.89. The fraction of sp³-hybridized carbons (Fsp3) is 0.308. The van der Waals surface area contributed by atoms with Crippen molar-refractivity contribution in [2.45, 2.75) is 31.6 Å². The molecule has 2 bridgehead atoms. The van der Waals surface area contributed by atoms with Crippen molar-refractivity contribution in [2.24, 2.45) is 11.0 Å². The van der Waals surface area contributed by atoms with Crippen LogP contribution in [0.25, 0.3) is 10.9 Å². The fourth-order valence-corrected chi connectivity index (χ4v) is 6.00. The SMILES string of the molecule is CCN(/N=C1/C[C@H]2C=CCN(C2)C(=O)Cc2c1[nH]c1ccccc21)S(=O)(=O)c1ccc(C)cc1. The van der Waals surface area contributed by atoms with E-state index in [9.17, 15) is 13.2 Å². The van der Waals surface area contributed by atoms with E-state index >= 15 is 0 Å². The van der Waals surface area contributed by atoms with Crippen LogP contribution in [0, 0.1) is 12.8 Å². The summed E-state index contributed by atoms with van der Waals surface area (Å²) in [5, 5.41) is 5.71. The van der Waals surface area contributed by atoms with Gasteiger partial charge in [0.1, 0.15) is 0 Å². The molecule has 2 aromatic carbocycles. The van der Waals surface area contributed by atoms with E-state index in [-0.39, 0.29) is 29.7 Å². The van der Waals surface area contributed by atoms with E-state index in [2.05, 4.69) is 11.1 Å². The van der Waals surface area contributed by atoms with E-state index in [1.807, 2.05) is 42.2 Å². The average molecular weight is 477 g/mol. The Labute approximate surface area is 199 Å². The molecule has 0 fully saturated rings. The topological polar surface area (TPSA) is 85.8 Å². The van der Waals surface area contributed by atoms with Crippen molar-refractivity contribution in [3.63, 3.8) is 0 Å². The second-order valence-electron chi connectivity index (χ2n) is 8.90. The first-order chi connectivity index (χ1) is 16.4. The summed E-state index contributed by atoms with van der Waals surface area (Å²) in [5.41, 5.74) is 4.17. The van der Waals surface area contributed by atoms with Crippen LogP contribution in [0.3, 0.4) is 0 Å². The van der Waals surface area contributed by atoms with Gasteiger partial charge in [-0.2, -0.15) is 17.9 Å². The number of nitrogens with zero attached hydrogens (tertiary/aromatic N) is 3. The van der Waals surface area contributed by atoms with Crippen molar-refractivity contribution in [3.8, 4) is 0 Å². The molecule has 176 valence electrons. The van der Waals surface area contributed by atoms with Crippen LogP contribution < -0.4 is 0 Å². The zero-order valence-electron chi connectivity index (χ0n) is 19.4. The van der Waals surface area contributed by atoms with Gasteiger partial charge in [-0.3, -0.25) is 4.79 Å². The third kappa shape index (κ3) is 4.03. The molecule has 3 heterocycles. The predicted molar refractivity (Wildman–Crippen MR) is 133 cm³/mol. The maximum Gasteiger partial charge on any atom is 0.278 e. The Morgan fingerprint density at radius 2 is 1.91 bits per heavy atom. The number of aryl methyl sites for hydroxylation is 1. The predicted octanol–water partition coefficient (Wildman–Crippen LogP) is 3.85. The Morgan fingerprint density at radius 1 is 1.15 bits per heavy atom. The van der Waals surface area contributed by atoms with Gasteiger partial charge in [-0.1, -0.05) is 48.0 Å². The summed E-state index contributed by atoms with van der Waals surface area (Å²) in [6, 6.07) is 14.7. The van der Waals surface area contributed by atoms with Crippen LogP contribution in [-0.4, -0.2) is 54.0 Å². The molecule has 1 N–H and O–H groups in total. The van der Waals surface area contributed by atoms with Gasteiger partial charge in [0.15, 0.2) is 0 Å². The number of aromatic amines is 1. The number of benzene rings is 2. The van der Waals surface area contributed by atoms with Gasteiger partial charge in [-0.25, -0.2) is 0 Å². The van der Waals surface area contributed by atoms with E-state index in [1.54, 1.807) is 31.2 Å². The van der Waals surface area contributed by atoms with Gasteiger partial charge in [-0.05, 0) is 37.6 Å². The zero-order chi connectivity index (χ0) is 23.9. The van der Waals surface area contributed by atoms with E-state index in [1.165, 1.54) is 4.41 Å². The Kier molecular flexibility index (Phi) is 5.77. The number of hydrogen-bond donors (Lipinski definition) is 1. The summed E-state index contributed by atoms with van der Waals surface area (Å²) < 4.78 is 28.1. The van der Waals surface area contributed by atoms with Crippen LogP contribution >= 0.6 is 0 Å². The molecule has 1 atom stereocenters. The van der Waals surface area contributed by atoms with Crippen molar-refractivity contribution >= 4 is 32.5 Å². The molecule has 1 aromatic heterocycles. The maximum atomic E-state index is 13.5. The number of amides is 1. The molecule has 7 nitrogen and oxygen atoms in total. The molecule has 8 heteroatoms. The molecule has 3 aromatic rings. The number of nitrogens with one attached hydrogen (secondary N) is 1. The van der Waals surface area contributed by atoms with Gasteiger partial charge < -0.3 is 9.88 Å². The highest BCUT2D eigenvalue weighted by Crippen LogP contribution is 2.30. The number of carbonyl (C=O) groups is 1. The van der Waals surface area contributed by atoms with E-state index in [0.29, 0.717) is 25.2 Å². The third-order valence-corrected chi connectivity index (χ3v) is 8.29. The number of aromatic nitrogens is 1. The average Bonchev–Trinajstić information content (AvgIpc) is 3.20. The number of sulfonamides is 1. The fourth-order valence-electron chi connectivity index (χ4n) is 4.73. The molecular weight excluding hydrogens is 448 g/mol. The van der Waals surface area contributed by atoms with Crippen molar-refractivity contribution < 1.29 is 13.2 Å². The molecule has 5 rings (SSSR count). The molecule has 2 aliphatic rings. The zero-order valence-corrected chi connectivity index (χ0v) is 20.2. The van der Waals surface area contributed by atoms with E-state index in [4.69, 9.17) is 5.10 Å². The van der Waals surface area contributed by atoms with Crippen LogP contribution in [0.5, 0.6) is 0 Å². The van der Waals surface area contributed by atoms with Crippen molar-refractivity contribution in [1.82, 2.24) is 14.3 Å². The van der Waals surface area contributed by atoms with Crippen molar-refractivity contribution in [2.75, 3.05) is 19.6 Å². The summed E-state index contributed by atoms with van der Waals surface area (Å²) in [5.74, 6) is 0.135. The van der Waals surface area contributed by atoms with Gasteiger partial charge in [0.25, 0.3) is 10.0 Å². The minimum Gasteiger partial charge on any atom is -0.353 e. The lowest BCUT2D eigenvalue weighted by molar-refractivity contribution is -0.130. The first-order valence-corrected chi connectivity index (χ1v) is 13.0. The summed E-state index contributed by atoms with van der Waals surface area (Å²) in [7, 11) is -3.83. The summed E-state index contributed by atoms with van der Waals surface area (Å²) in [4.78, 5) is 18.7. The Morgan fingerprint density at radius 3 is 2.68 bits per heavy atom. The minimum absolute atomic E-state index is 0.0644. The molecule has 0 radical (unpaired) electrons. The van der Waals surface area contributed by atoms with Gasteiger partial charge >= 0.3 is 0 Å². The highest BCUT2D eigenvalue weighted by Gasteiger charge is 2.30. The summed E-state index contributed by atoms with van der Waals surface area (Å²) >= 11 is 0. The second kappa shape index (κ2) is 8.76. The lowest BCUT2D eigenvalue weighted by atomic mass is 9.96. The van der Waals surface area contributed by atoms with Gasteiger partial charge in [0.2, 0.25) is 5.91 Å². The molecule has 2 aliphatic heterocycles. The first kappa shape index (κ1) is 22.4. The molecule has 0 saturated carbocycles. The van der Waals surface area contributed by atoms with E-state index < -0.39 is 10.0 Å². The molecule has 1 amide bonds. The quantitative estimate of drug-likeness (QED) is 0.458. The second-order valence-corrected chi connectivity index (χ2v) is 10.7. The molecule has 34 heavy (non-hydrogen) atoms. The highest BCUT2D eigenvalue weighted by atomic mass is 32.2. The molecule has 0 saturated heterocycles. The maximum absolute atomic E-state index is 13.5. The van der Waals surface area contributed by atoms with Gasteiger partial charge in [0, 0.05) is 36.3 Å². The van der Waals surface area contributed by atoms with Crippen LogP contribution in [0.1, 0.15) is 30.2 Å². The molecule has 0 aliphatic carbocycles. The van der Waals surface area contributed by atoms with Crippen molar-refractivity contribution in [1.29, 1.82) is 0 Å². The minimum atomic E-state index is -3.83. The standard InChI is InChI=1S/C26H28N4O3S/c1-3-30(34(32,33)20-12-10-18(2)11-13-20)28-24-15-19-7-6-14-29(17-19)25(31)16-22-21-8-4-5-9-23(21)27-26(22)24/h4-13,19,27H,3,14-17H2,1-2H3/b28-24-/t19-/m1/s1. The Balaban J connectivity index is 1.67. The number of rotatable bonds is 4. The van der Waals surface area contributed by atoms with E-state index in [0.717, 1.165) is 27.7 Å². The lowest BCUT2D eigenvalue weighted by Crippen LogP contribution is -2.38. The third-order valence-electron chi connectivity index (χ3n) is 6.53. The first-order valence-electron chi connectivity index (χ1n) is 11.6. The molecular formula is C26H28N4O3S. The van der Waals surface area contributed by atoms with Crippen LogP contribution in [0.2, 0.25) is 0 Å². The smallest absolute Gasteiger partial charge is 0.278 e. The van der Waals surface area contributed by atoms with Crippen LogP contribution in [0.4, 0.5) is 0 Å². The van der Waals surface area contributed by atoms with Crippen LogP contribution in [0.15, 0.2) is 70.7 Å². The Hall–Kier alpha value is -3.39. The number of fused-ring (bicyclic) bond motifs is 5. The molecule has 0 spiro atoms.